The van der Waals surface area contributed by atoms with Gasteiger partial charge in [-0.15, -0.1) is 0 Å². The van der Waals surface area contributed by atoms with Crippen molar-refractivity contribution in [3.8, 4) is 0 Å². The maximum atomic E-state index is 11.1. The summed E-state index contributed by atoms with van der Waals surface area (Å²) in [6.07, 6.45) is 1.27. The van der Waals surface area contributed by atoms with E-state index < -0.39 is 4.92 Å². The number of pyridine rings is 1. The van der Waals surface area contributed by atoms with Crippen molar-refractivity contribution < 1.29 is 14.4 Å². The van der Waals surface area contributed by atoms with Gasteiger partial charge in [0.2, 0.25) is 0 Å². The van der Waals surface area contributed by atoms with Crippen LogP contribution in [0.25, 0.3) is 10.9 Å². The number of anilines is 1. The normalized spacial score (nSPS) is 10.7. The van der Waals surface area contributed by atoms with Crippen LogP contribution < -0.4 is 5.32 Å². The average Bonchev–Trinajstić information content (AvgIpc) is 2.50. The lowest BCUT2D eigenvalue weighted by atomic mass is 10.1. The Labute approximate surface area is 122 Å². The molecular weight excluding hydrogens is 274 g/mol. The van der Waals surface area contributed by atoms with Gasteiger partial charge >= 0.3 is 5.69 Å². The van der Waals surface area contributed by atoms with Gasteiger partial charge in [0.15, 0.2) is 0 Å². The maximum Gasteiger partial charge on any atom is 0.311 e. The zero-order valence-corrected chi connectivity index (χ0v) is 11.7. The van der Waals surface area contributed by atoms with Gasteiger partial charge in [0.1, 0.15) is 11.9 Å². The number of nitrogens with zero attached hydrogens (tertiary/aromatic N) is 2. The van der Waals surface area contributed by atoms with Crippen molar-refractivity contribution in [2.45, 2.75) is 0 Å². The molecule has 21 heavy (non-hydrogen) atoms. The molecule has 0 atom stereocenters. The molecule has 0 aliphatic rings. The lowest BCUT2D eigenvalue weighted by Crippen LogP contribution is -2.13. The standard InChI is InChI=1S/C14H17N3O4/c1-20-8-9-21-7-6-15-14-11-4-2-3-5-12(11)16-10-13(14)17(18)19/h2-5,10H,6-9H2,1H3,(H,15,16). The molecule has 1 aromatic carbocycles. The van der Waals surface area contributed by atoms with Crippen LogP contribution in [0.2, 0.25) is 0 Å². The second-order valence-corrected chi connectivity index (χ2v) is 4.32. The monoisotopic (exact) mass is 291 g/mol. The number of hydrogen-bond donors (Lipinski definition) is 1. The van der Waals surface area contributed by atoms with E-state index in [-0.39, 0.29) is 5.69 Å². The Morgan fingerprint density at radius 2 is 2.10 bits per heavy atom. The lowest BCUT2D eigenvalue weighted by molar-refractivity contribution is -0.384. The Kier molecular flexibility index (Phi) is 5.42. The fourth-order valence-electron chi connectivity index (χ4n) is 1.95. The van der Waals surface area contributed by atoms with Crippen LogP contribution >= 0.6 is 0 Å². The average molecular weight is 291 g/mol. The fourth-order valence-corrected chi connectivity index (χ4v) is 1.95. The molecule has 112 valence electrons. The number of fused-ring (bicyclic) bond motifs is 1. The van der Waals surface area contributed by atoms with E-state index >= 15 is 0 Å². The molecule has 0 saturated carbocycles. The van der Waals surface area contributed by atoms with Crippen LogP contribution in [-0.4, -0.2) is 43.4 Å². The summed E-state index contributed by atoms with van der Waals surface area (Å²) in [5, 5.41) is 14.9. The second-order valence-electron chi connectivity index (χ2n) is 4.32. The minimum Gasteiger partial charge on any atom is -0.382 e. The minimum atomic E-state index is -0.437. The highest BCUT2D eigenvalue weighted by Gasteiger charge is 2.17. The Morgan fingerprint density at radius 3 is 2.86 bits per heavy atom. The summed E-state index contributed by atoms with van der Waals surface area (Å²) >= 11 is 0. The van der Waals surface area contributed by atoms with Crippen molar-refractivity contribution in [3.05, 3.63) is 40.6 Å². The molecule has 1 heterocycles. The molecule has 0 aliphatic carbocycles. The molecule has 2 aromatic rings. The molecule has 0 unspecified atom stereocenters. The fraction of sp³-hybridized carbons (Fsp3) is 0.357. The first kappa shape index (κ1) is 15.1. The van der Waals surface area contributed by atoms with Crippen molar-refractivity contribution in [2.24, 2.45) is 0 Å². The Morgan fingerprint density at radius 1 is 1.29 bits per heavy atom. The first-order valence-corrected chi connectivity index (χ1v) is 6.56. The van der Waals surface area contributed by atoms with Crippen molar-refractivity contribution in [2.75, 3.05) is 38.8 Å². The van der Waals surface area contributed by atoms with E-state index in [9.17, 15) is 10.1 Å². The summed E-state index contributed by atoms with van der Waals surface area (Å²) in [7, 11) is 1.61. The number of rotatable bonds is 8. The highest BCUT2D eigenvalue weighted by Crippen LogP contribution is 2.30. The molecule has 2 rings (SSSR count). The Bertz CT molecular complexity index is 618. The number of benzene rings is 1. The van der Waals surface area contributed by atoms with Gasteiger partial charge in [0.05, 0.1) is 30.3 Å². The van der Waals surface area contributed by atoms with E-state index in [0.29, 0.717) is 37.6 Å². The summed E-state index contributed by atoms with van der Waals surface area (Å²) < 4.78 is 10.2. The molecule has 1 aromatic heterocycles. The van der Waals surface area contributed by atoms with E-state index in [1.165, 1.54) is 6.20 Å². The van der Waals surface area contributed by atoms with Gasteiger partial charge in [0.25, 0.3) is 0 Å². The number of aromatic nitrogens is 1. The molecule has 7 heteroatoms. The predicted octanol–water partition coefficient (Wildman–Crippen LogP) is 2.22. The molecule has 0 aliphatic heterocycles. The van der Waals surface area contributed by atoms with Gasteiger partial charge in [-0.2, -0.15) is 0 Å². The van der Waals surface area contributed by atoms with Crippen LogP contribution in [0.15, 0.2) is 30.5 Å². The quantitative estimate of drug-likeness (QED) is 0.456. The topological polar surface area (TPSA) is 86.5 Å². The molecule has 0 bridgehead atoms. The molecule has 0 spiro atoms. The minimum absolute atomic E-state index is 0.0365. The first-order chi connectivity index (χ1) is 10.2. The molecule has 0 amide bonds. The van der Waals surface area contributed by atoms with E-state index in [4.69, 9.17) is 9.47 Å². The highest BCUT2D eigenvalue weighted by atomic mass is 16.6. The van der Waals surface area contributed by atoms with Crippen LogP contribution in [-0.2, 0) is 9.47 Å². The number of nitro groups is 1. The van der Waals surface area contributed by atoms with Crippen molar-refractivity contribution >= 4 is 22.3 Å². The summed E-state index contributed by atoms with van der Waals surface area (Å²) in [6, 6.07) is 7.30. The molecule has 0 fully saturated rings. The van der Waals surface area contributed by atoms with Gasteiger partial charge in [-0.3, -0.25) is 10.1 Å². The van der Waals surface area contributed by atoms with E-state index in [1.54, 1.807) is 7.11 Å². The summed E-state index contributed by atoms with van der Waals surface area (Å²) in [5.74, 6) is 0. The van der Waals surface area contributed by atoms with Crippen LogP contribution in [0.4, 0.5) is 11.4 Å². The van der Waals surface area contributed by atoms with Gasteiger partial charge in [-0.1, -0.05) is 18.2 Å². The molecule has 0 radical (unpaired) electrons. The highest BCUT2D eigenvalue weighted by molar-refractivity contribution is 5.95. The second kappa shape index (κ2) is 7.51. The SMILES string of the molecule is COCCOCCNc1c([N+](=O)[O-])cnc2ccccc12. The third-order valence-corrected chi connectivity index (χ3v) is 2.93. The third kappa shape index (κ3) is 3.87. The molecule has 1 N–H and O–H groups in total. The Balaban J connectivity index is 2.12. The Hall–Kier alpha value is -2.25. The van der Waals surface area contributed by atoms with Gasteiger partial charge < -0.3 is 14.8 Å². The van der Waals surface area contributed by atoms with Crippen molar-refractivity contribution in [1.29, 1.82) is 0 Å². The zero-order chi connectivity index (χ0) is 15.1. The molecular formula is C14H17N3O4. The van der Waals surface area contributed by atoms with Crippen LogP contribution in [0.3, 0.4) is 0 Å². The van der Waals surface area contributed by atoms with Gasteiger partial charge in [-0.05, 0) is 6.07 Å². The van der Waals surface area contributed by atoms with Crippen LogP contribution in [0.5, 0.6) is 0 Å². The number of para-hydroxylation sites is 1. The van der Waals surface area contributed by atoms with E-state index in [1.807, 2.05) is 24.3 Å². The summed E-state index contributed by atoms with van der Waals surface area (Å²) in [5.41, 5.74) is 1.15. The van der Waals surface area contributed by atoms with Gasteiger partial charge in [-0.25, -0.2) is 4.98 Å². The predicted molar refractivity (Wildman–Crippen MR) is 79.6 cm³/mol. The number of hydrogen-bond acceptors (Lipinski definition) is 6. The number of nitrogens with one attached hydrogen (secondary N) is 1. The maximum absolute atomic E-state index is 11.1. The van der Waals surface area contributed by atoms with Crippen LogP contribution in [0, 0.1) is 10.1 Å². The number of ether oxygens (including phenoxy) is 2. The van der Waals surface area contributed by atoms with Crippen molar-refractivity contribution in [3.63, 3.8) is 0 Å². The zero-order valence-electron chi connectivity index (χ0n) is 11.7. The largest absolute Gasteiger partial charge is 0.382 e. The van der Waals surface area contributed by atoms with Crippen molar-refractivity contribution in [1.82, 2.24) is 4.98 Å². The smallest absolute Gasteiger partial charge is 0.311 e. The number of methoxy groups -OCH3 is 1. The molecule has 7 nitrogen and oxygen atoms in total. The first-order valence-electron chi connectivity index (χ1n) is 6.56. The molecule has 0 saturated heterocycles. The third-order valence-electron chi connectivity index (χ3n) is 2.93. The van der Waals surface area contributed by atoms with E-state index in [0.717, 1.165) is 5.39 Å². The van der Waals surface area contributed by atoms with E-state index in [2.05, 4.69) is 10.3 Å². The summed E-state index contributed by atoms with van der Waals surface area (Å²) in [4.78, 5) is 14.8. The van der Waals surface area contributed by atoms with Gasteiger partial charge in [0, 0.05) is 19.0 Å². The lowest BCUT2D eigenvalue weighted by Gasteiger charge is -2.10. The summed E-state index contributed by atoms with van der Waals surface area (Å²) in [6.45, 7) is 1.94. The van der Waals surface area contributed by atoms with Crippen LogP contribution in [0.1, 0.15) is 0 Å².